The summed E-state index contributed by atoms with van der Waals surface area (Å²) in [5.41, 5.74) is 0. The van der Waals surface area contributed by atoms with E-state index in [4.69, 9.17) is 4.74 Å². The van der Waals surface area contributed by atoms with Crippen LogP contribution in [0.15, 0.2) is 5.17 Å². The Morgan fingerprint density at radius 1 is 1.46 bits per heavy atom. The molecule has 0 aromatic heterocycles. The van der Waals surface area contributed by atoms with E-state index in [1.54, 1.807) is 0 Å². The molecule has 13 heavy (non-hydrogen) atoms. The first-order valence-electron chi connectivity index (χ1n) is 3.49. The van der Waals surface area contributed by atoms with Crippen molar-refractivity contribution in [2.24, 2.45) is 0 Å². The van der Waals surface area contributed by atoms with Gasteiger partial charge in [-0.05, 0) is 74.2 Å². The van der Waals surface area contributed by atoms with Gasteiger partial charge in [-0.1, -0.05) is 22.9 Å². The van der Waals surface area contributed by atoms with Crippen molar-refractivity contribution in [2.45, 2.75) is 18.2 Å². The average Bonchev–Trinajstić information content (AvgIpc) is 2.11. The van der Waals surface area contributed by atoms with E-state index >= 15 is 0 Å². The van der Waals surface area contributed by atoms with Crippen LogP contribution in [0.25, 0.3) is 0 Å². The molecule has 0 aliphatic rings. The molecule has 0 aromatic rings. The van der Waals surface area contributed by atoms with Gasteiger partial charge in [-0.2, -0.15) is 0 Å². The summed E-state index contributed by atoms with van der Waals surface area (Å²) < 4.78 is 7.25. The van der Waals surface area contributed by atoms with Gasteiger partial charge in [0.15, 0.2) is 0 Å². The average molecular weight is 585 g/mol. The van der Waals surface area contributed by atoms with Gasteiger partial charge in [0, 0.05) is 3.58 Å². The van der Waals surface area contributed by atoms with Crippen molar-refractivity contribution < 1.29 is 9.53 Å². The van der Waals surface area contributed by atoms with Crippen molar-refractivity contribution >= 4 is 89.7 Å². The molecule has 0 heterocycles. The van der Waals surface area contributed by atoms with Crippen LogP contribution in [0.3, 0.4) is 0 Å². The van der Waals surface area contributed by atoms with Crippen molar-refractivity contribution in [3.8, 4) is 0 Å². The van der Waals surface area contributed by atoms with Crippen LogP contribution in [0.1, 0.15) is 13.3 Å². The lowest BCUT2D eigenvalue weighted by Crippen LogP contribution is -2.17. The Bertz CT molecular complexity index is 214. The molecule has 0 N–H and O–H groups in total. The number of ether oxygens (including phenoxy) is 1. The Hall–Kier alpha value is 1.88. The molecule has 0 radical (unpaired) electrons. The Labute approximate surface area is 127 Å². The molecule has 1 unspecified atom stereocenters. The lowest BCUT2D eigenvalue weighted by molar-refractivity contribution is -0.141. The summed E-state index contributed by atoms with van der Waals surface area (Å²) in [5, 5.41) is 0. The van der Waals surface area contributed by atoms with Crippen LogP contribution in [0.4, 0.5) is 0 Å². The van der Waals surface area contributed by atoms with E-state index < -0.39 is 0 Å². The normalized spacial score (nSPS) is 12.1. The van der Waals surface area contributed by atoms with Crippen LogP contribution in [-0.4, -0.2) is 17.4 Å². The van der Waals surface area contributed by atoms with E-state index in [1.807, 2.05) is 6.92 Å². The van der Waals surface area contributed by atoms with Gasteiger partial charge >= 0.3 is 5.97 Å². The smallest absolute Gasteiger partial charge is 0.320 e. The minimum Gasteiger partial charge on any atom is -0.459 e. The first-order valence-corrected chi connectivity index (χ1v) is 7.64. The number of carbonyl (C=O) groups is 1. The summed E-state index contributed by atoms with van der Waals surface area (Å²) in [6, 6.07) is 0. The van der Waals surface area contributed by atoms with E-state index in [0.717, 1.165) is 11.6 Å². The molecule has 1 atom stereocenters. The first kappa shape index (κ1) is 14.9. The molecule has 0 rings (SSSR count). The Morgan fingerprint density at radius 3 is 2.38 bits per heavy atom. The fraction of sp³-hybridized carbons (Fsp3) is 0.571. The standard InChI is InChI=1S/C7H8BrI3O2/c1-2-4(8)7(12)13-3-5(9)6(10)11/h4H,2-3H2,1H3. The Morgan fingerprint density at radius 2 is 2.00 bits per heavy atom. The lowest BCUT2D eigenvalue weighted by atomic mass is 10.3. The predicted octanol–water partition coefficient (Wildman–Crippen LogP) is 4.18. The summed E-state index contributed by atoms with van der Waals surface area (Å²) in [4.78, 5) is 11.0. The maximum absolute atomic E-state index is 11.2. The summed E-state index contributed by atoms with van der Waals surface area (Å²) in [7, 11) is 0. The third kappa shape index (κ3) is 6.88. The van der Waals surface area contributed by atoms with Crippen molar-refractivity contribution in [1.82, 2.24) is 0 Å². The number of hydrogen-bond donors (Lipinski definition) is 0. The van der Waals surface area contributed by atoms with Crippen LogP contribution in [-0.2, 0) is 9.53 Å². The molecule has 0 aromatic carbocycles. The summed E-state index contributed by atoms with van der Waals surface area (Å²) in [5.74, 6) is -0.189. The molecular weight excluding hydrogens is 577 g/mol. The SMILES string of the molecule is CCC(Br)C(=O)OCC(I)=C(I)I. The molecule has 0 aliphatic heterocycles. The highest BCUT2D eigenvalue weighted by atomic mass is 127. The zero-order chi connectivity index (χ0) is 10.4. The fourth-order valence-electron chi connectivity index (χ4n) is 0.446. The van der Waals surface area contributed by atoms with Gasteiger partial charge in [-0.3, -0.25) is 4.79 Å². The molecular formula is C7H8BrI3O2. The topological polar surface area (TPSA) is 26.3 Å². The second kappa shape index (κ2) is 8.08. The second-order valence-corrected chi connectivity index (χ2v) is 8.78. The summed E-state index contributed by atoms with van der Waals surface area (Å²) in [6.45, 7) is 2.31. The second-order valence-electron chi connectivity index (χ2n) is 2.15. The number of hydrogen-bond acceptors (Lipinski definition) is 2. The zero-order valence-electron chi connectivity index (χ0n) is 6.82. The van der Waals surface area contributed by atoms with Crippen molar-refractivity contribution in [1.29, 1.82) is 0 Å². The Balaban J connectivity index is 3.91. The van der Waals surface area contributed by atoms with Crippen molar-refractivity contribution in [3.63, 3.8) is 0 Å². The van der Waals surface area contributed by atoms with Gasteiger partial charge in [0.05, 0.1) is 1.59 Å². The van der Waals surface area contributed by atoms with Crippen LogP contribution in [0, 0.1) is 0 Å². The largest absolute Gasteiger partial charge is 0.459 e. The number of esters is 1. The van der Waals surface area contributed by atoms with Crippen LogP contribution in [0.5, 0.6) is 0 Å². The molecule has 76 valence electrons. The van der Waals surface area contributed by atoms with Gasteiger partial charge < -0.3 is 4.74 Å². The third-order valence-electron chi connectivity index (χ3n) is 1.16. The van der Waals surface area contributed by atoms with E-state index in [9.17, 15) is 4.79 Å². The third-order valence-corrected chi connectivity index (χ3v) is 6.40. The van der Waals surface area contributed by atoms with Gasteiger partial charge in [-0.15, -0.1) is 0 Å². The van der Waals surface area contributed by atoms with Crippen molar-refractivity contribution in [3.05, 3.63) is 5.17 Å². The highest BCUT2D eigenvalue weighted by molar-refractivity contribution is 14.2. The van der Waals surface area contributed by atoms with Crippen molar-refractivity contribution in [2.75, 3.05) is 6.61 Å². The molecule has 0 fully saturated rings. The van der Waals surface area contributed by atoms with E-state index in [0.29, 0.717) is 6.61 Å². The predicted molar refractivity (Wildman–Crippen MR) is 83.1 cm³/mol. The molecule has 0 saturated heterocycles. The molecule has 0 bridgehead atoms. The maximum atomic E-state index is 11.2. The Kier molecular flexibility index (Phi) is 9.25. The molecule has 0 aliphatic carbocycles. The first-order chi connectivity index (χ1) is 5.99. The molecule has 0 spiro atoms. The van der Waals surface area contributed by atoms with E-state index in [1.165, 1.54) is 0 Å². The van der Waals surface area contributed by atoms with Crippen LogP contribution >= 0.6 is 83.7 Å². The summed E-state index contributed by atoms with van der Waals surface area (Å²) in [6.07, 6.45) is 0.750. The van der Waals surface area contributed by atoms with E-state index in [-0.39, 0.29) is 10.8 Å². The minimum atomic E-state index is -0.189. The molecule has 0 amide bonds. The quantitative estimate of drug-likeness (QED) is 0.282. The molecule has 0 saturated carbocycles. The highest BCUT2D eigenvalue weighted by Crippen LogP contribution is 2.25. The number of rotatable bonds is 4. The lowest BCUT2D eigenvalue weighted by Gasteiger charge is -2.07. The number of alkyl halides is 1. The fourth-order valence-corrected chi connectivity index (χ4v) is 1.05. The molecule has 6 heteroatoms. The molecule has 2 nitrogen and oxygen atoms in total. The monoisotopic (exact) mass is 584 g/mol. The zero-order valence-corrected chi connectivity index (χ0v) is 14.9. The van der Waals surface area contributed by atoms with Crippen LogP contribution in [0.2, 0.25) is 0 Å². The number of halogens is 4. The number of carbonyl (C=O) groups excluding carboxylic acids is 1. The minimum absolute atomic E-state index is 0.177. The maximum Gasteiger partial charge on any atom is 0.320 e. The van der Waals surface area contributed by atoms with Gasteiger partial charge in [0.2, 0.25) is 0 Å². The highest BCUT2D eigenvalue weighted by Gasteiger charge is 2.14. The van der Waals surface area contributed by atoms with Gasteiger partial charge in [0.1, 0.15) is 11.4 Å². The van der Waals surface area contributed by atoms with E-state index in [2.05, 4.69) is 83.7 Å². The van der Waals surface area contributed by atoms with Crippen LogP contribution < -0.4 is 0 Å². The van der Waals surface area contributed by atoms with Gasteiger partial charge in [0.25, 0.3) is 0 Å². The summed E-state index contributed by atoms with van der Waals surface area (Å²) >= 11 is 9.80. The van der Waals surface area contributed by atoms with Gasteiger partial charge in [-0.25, -0.2) is 0 Å².